The lowest BCUT2D eigenvalue weighted by Crippen LogP contribution is -2.27. The first-order valence-electron chi connectivity index (χ1n) is 8.74. The van der Waals surface area contributed by atoms with Gasteiger partial charge in [-0.15, -0.1) is 11.8 Å². The van der Waals surface area contributed by atoms with Gasteiger partial charge in [-0.25, -0.2) is 12.8 Å². The number of benzene rings is 2. The SMILES string of the molecule is O=C(CCSc1ccccc1F)Nc1cccc(S(=O)(=O)N2CCCC2)c1. The van der Waals surface area contributed by atoms with E-state index in [9.17, 15) is 17.6 Å². The Morgan fingerprint density at radius 2 is 1.85 bits per heavy atom. The molecule has 1 amide bonds. The van der Waals surface area contributed by atoms with E-state index in [1.807, 2.05) is 0 Å². The van der Waals surface area contributed by atoms with Gasteiger partial charge in [-0.05, 0) is 43.2 Å². The minimum absolute atomic E-state index is 0.183. The summed E-state index contributed by atoms with van der Waals surface area (Å²) in [4.78, 5) is 12.8. The molecule has 27 heavy (non-hydrogen) atoms. The minimum Gasteiger partial charge on any atom is -0.326 e. The molecule has 5 nitrogen and oxygen atoms in total. The standard InChI is InChI=1S/C19H21FN2O3S2/c20-17-8-1-2-9-18(17)26-13-10-19(23)21-15-6-5-7-16(14-15)27(24,25)22-11-3-4-12-22/h1-2,5-9,14H,3-4,10-13H2,(H,21,23). The van der Waals surface area contributed by atoms with Gasteiger partial charge in [0.15, 0.2) is 0 Å². The van der Waals surface area contributed by atoms with Crippen molar-refractivity contribution >= 4 is 33.4 Å². The van der Waals surface area contributed by atoms with E-state index in [4.69, 9.17) is 0 Å². The van der Waals surface area contributed by atoms with Gasteiger partial charge >= 0.3 is 0 Å². The van der Waals surface area contributed by atoms with E-state index in [0.29, 0.717) is 29.4 Å². The zero-order valence-electron chi connectivity index (χ0n) is 14.7. The molecule has 144 valence electrons. The van der Waals surface area contributed by atoms with E-state index >= 15 is 0 Å². The number of halogens is 1. The second kappa shape index (κ2) is 8.86. The normalized spacial score (nSPS) is 15.0. The van der Waals surface area contributed by atoms with Crippen molar-refractivity contribution < 1.29 is 17.6 Å². The number of hydrogen-bond donors (Lipinski definition) is 1. The fourth-order valence-electron chi connectivity index (χ4n) is 2.85. The van der Waals surface area contributed by atoms with Crippen molar-refractivity contribution in [3.05, 3.63) is 54.3 Å². The first-order chi connectivity index (χ1) is 13.0. The lowest BCUT2D eigenvalue weighted by atomic mass is 10.3. The van der Waals surface area contributed by atoms with E-state index in [2.05, 4.69) is 5.32 Å². The summed E-state index contributed by atoms with van der Waals surface area (Å²) >= 11 is 1.27. The van der Waals surface area contributed by atoms with Gasteiger partial charge in [-0.1, -0.05) is 18.2 Å². The molecule has 1 fully saturated rings. The molecule has 0 atom stereocenters. The Morgan fingerprint density at radius 1 is 1.11 bits per heavy atom. The number of anilines is 1. The molecular weight excluding hydrogens is 387 g/mol. The summed E-state index contributed by atoms with van der Waals surface area (Å²) < 4.78 is 40.2. The second-order valence-electron chi connectivity index (χ2n) is 6.22. The Hall–Kier alpha value is -1.90. The first kappa shape index (κ1) is 19.9. The maximum absolute atomic E-state index is 13.6. The van der Waals surface area contributed by atoms with Crippen LogP contribution in [0.2, 0.25) is 0 Å². The van der Waals surface area contributed by atoms with Gasteiger partial charge in [0, 0.05) is 35.8 Å². The maximum Gasteiger partial charge on any atom is 0.243 e. The van der Waals surface area contributed by atoms with Crippen LogP contribution in [0.3, 0.4) is 0 Å². The van der Waals surface area contributed by atoms with Gasteiger partial charge < -0.3 is 5.32 Å². The van der Waals surface area contributed by atoms with Crippen molar-refractivity contribution in [2.24, 2.45) is 0 Å². The molecule has 8 heteroatoms. The van der Waals surface area contributed by atoms with Crippen LogP contribution in [0.5, 0.6) is 0 Å². The molecule has 1 aliphatic rings. The predicted molar refractivity (Wildman–Crippen MR) is 105 cm³/mol. The molecular formula is C19H21FN2O3S2. The van der Waals surface area contributed by atoms with Crippen LogP contribution in [-0.2, 0) is 14.8 Å². The third kappa shape index (κ3) is 5.09. The van der Waals surface area contributed by atoms with E-state index in [1.165, 1.54) is 34.3 Å². The minimum atomic E-state index is -3.52. The van der Waals surface area contributed by atoms with Gasteiger partial charge in [-0.3, -0.25) is 4.79 Å². The van der Waals surface area contributed by atoms with Crippen LogP contribution in [0.25, 0.3) is 0 Å². The number of carbonyl (C=O) groups excluding carboxylic acids is 1. The number of nitrogens with zero attached hydrogens (tertiary/aromatic N) is 1. The second-order valence-corrected chi connectivity index (χ2v) is 9.29. The maximum atomic E-state index is 13.6. The Labute approximate surface area is 163 Å². The van der Waals surface area contributed by atoms with E-state index in [1.54, 1.807) is 30.3 Å². The number of sulfonamides is 1. The monoisotopic (exact) mass is 408 g/mol. The van der Waals surface area contributed by atoms with Crippen molar-refractivity contribution in [3.8, 4) is 0 Å². The smallest absolute Gasteiger partial charge is 0.243 e. The van der Waals surface area contributed by atoms with Crippen LogP contribution in [0.15, 0.2) is 58.3 Å². The average Bonchev–Trinajstić information content (AvgIpc) is 3.19. The van der Waals surface area contributed by atoms with Crippen molar-refractivity contribution in [2.75, 3.05) is 24.2 Å². The number of rotatable bonds is 7. The molecule has 2 aromatic carbocycles. The zero-order valence-corrected chi connectivity index (χ0v) is 16.4. The fourth-order valence-corrected chi connectivity index (χ4v) is 5.30. The first-order valence-corrected chi connectivity index (χ1v) is 11.2. The third-order valence-electron chi connectivity index (χ3n) is 4.24. The van der Waals surface area contributed by atoms with Crippen molar-refractivity contribution in [1.82, 2.24) is 4.31 Å². The van der Waals surface area contributed by atoms with Gasteiger partial charge in [0.25, 0.3) is 0 Å². The summed E-state index contributed by atoms with van der Waals surface area (Å²) in [5.41, 5.74) is 0.441. The molecule has 0 aromatic heterocycles. The molecule has 1 N–H and O–H groups in total. The molecule has 2 aromatic rings. The highest BCUT2D eigenvalue weighted by Crippen LogP contribution is 2.24. The van der Waals surface area contributed by atoms with Crippen molar-refractivity contribution in [1.29, 1.82) is 0 Å². The molecule has 0 unspecified atom stereocenters. The van der Waals surface area contributed by atoms with Gasteiger partial charge in [0.1, 0.15) is 5.82 Å². The van der Waals surface area contributed by atoms with Crippen LogP contribution in [0.1, 0.15) is 19.3 Å². The number of carbonyl (C=O) groups is 1. The molecule has 0 bridgehead atoms. The van der Waals surface area contributed by atoms with Gasteiger partial charge in [0.05, 0.1) is 4.90 Å². The number of nitrogens with one attached hydrogen (secondary N) is 1. The number of amides is 1. The van der Waals surface area contributed by atoms with Gasteiger partial charge in [0.2, 0.25) is 15.9 Å². The van der Waals surface area contributed by atoms with Crippen LogP contribution >= 0.6 is 11.8 Å². The predicted octanol–water partition coefficient (Wildman–Crippen LogP) is 3.73. The summed E-state index contributed by atoms with van der Waals surface area (Å²) in [6.45, 7) is 1.07. The summed E-state index contributed by atoms with van der Waals surface area (Å²) in [6.07, 6.45) is 1.94. The quantitative estimate of drug-likeness (QED) is 0.709. The number of thioether (sulfide) groups is 1. The summed E-state index contributed by atoms with van der Waals surface area (Å²) in [5, 5.41) is 2.72. The average molecular weight is 409 g/mol. The van der Waals surface area contributed by atoms with E-state index in [0.717, 1.165) is 12.8 Å². The molecule has 1 heterocycles. The Balaban J connectivity index is 1.57. The highest BCUT2D eigenvalue weighted by atomic mass is 32.2. The van der Waals surface area contributed by atoms with Crippen molar-refractivity contribution in [2.45, 2.75) is 29.1 Å². The summed E-state index contributed by atoms with van der Waals surface area (Å²) in [6, 6.07) is 12.7. The molecule has 1 saturated heterocycles. The van der Waals surface area contributed by atoms with Crippen LogP contribution in [0, 0.1) is 5.82 Å². The largest absolute Gasteiger partial charge is 0.326 e. The van der Waals surface area contributed by atoms with Crippen LogP contribution in [0.4, 0.5) is 10.1 Å². The summed E-state index contributed by atoms with van der Waals surface area (Å²) in [7, 11) is -3.52. The molecule has 0 aliphatic carbocycles. The Morgan fingerprint density at radius 3 is 2.59 bits per heavy atom. The van der Waals surface area contributed by atoms with Gasteiger partial charge in [-0.2, -0.15) is 4.31 Å². The third-order valence-corrected chi connectivity index (χ3v) is 7.19. The van der Waals surface area contributed by atoms with Crippen molar-refractivity contribution in [3.63, 3.8) is 0 Å². The molecule has 0 spiro atoms. The fraction of sp³-hybridized carbons (Fsp3) is 0.316. The number of hydrogen-bond acceptors (Lipinski definition) is 4. The lowest BCUT2D eigenvalue weighted by molar-refractivity contribution is -0.115. The molecule has 3 rings (SSSR count). The lowest BCUT2D eigenvalue weighted by Gasteiger charge is -2.16. The Kier molecular flexibility index (Phi) is 6.51. The molecule has 0 saturated carbocycles. The van der Waals surface area contributed by atoms with E-state index < -0.39 is 10.0 Å². The summed E-state index contributed by atoms with van der Waals surface area (Å²) in [5.74, 6) is -0.115. The van der Waals surface area contributed by atoms with Crippen LogP contribution < -0.4 is 5.32 Å². The van der Waals surface area contributed by atoms with E-state index in [-0.39, 0.29) is 23.0 Å². The highest BCUT2D eigenvalue weighted by molar-refractivity contribution is 7.99. The zero-order chi connectivity index (χ0) is 19.3. The Bertz CT molecular complexity index is 913. The van der Waals surface area contributed by atoms with Crippen LogP contribution in [-0.4, -0.2) is 37.5 Å². The molecule has 1 aliphatic heterocycles. The highest BCUT2D eigenvalue weighted by Gasteiger charge is 2.27. The topological polar surface area (TPSA) is 66.5 Å². The molecule has 0 radical (unpaired) electrons.